The van der Waals surface area contributed by atoms with Gasteiger partial charge in [0.15, 0.2) is 0 Å². The van der Waals surface area contributed by atoms with Crippen molar-refractivity contribution in [1.29, 1.82) is 0 Å². The molecule has 1 fully saturated rings. The quantitative estimate of drug-likeness (QED) is 0.863. The Morgan fingerprint density at radius 1 is 1.50 bits per heavy atom. The van der Waals surface area contributed by atoms with E-state index in [2.05, 4.69) is 5.32 Å². The van der Waals surface area contributed by atoms with E-state index in [0.717, 1.165) is 19.4 Å². The largest absolute Gasteiger partial charge is 0.442 e. The zero-order valence-corrected chi connectivity index (χ0v) is 11.8. The van der Waals surface area contributed by atoms with Gasteiger partial charge in [0.2, 0.25) is 5.91 Å². The van der Waals surface area contributed by atoms with E-state index in [9.17, 15) is 18.0 Å². The zero-order valence-electron chi connectivity index (χ0n) is 10.1. The fraction of sp³-hybridized carbons (Fsp3) is 0.900. The number of halogens is 4. The van der Waals surface area contributed by atoms with E-state index in [1.807, 2.05) is 7.05 Å². The number of piperidine rings is 1. The molecular formula is C10H18ClF3N2OS. The molecule has 1 heterocycles. The van der Waals surface area contributed by atoms with E-state index >= 15 is 0 Å². The second-order valence-electron chi connectivity index (χ2n) is 4.14. The number of hydrogen-bond acceptors (Lipinski definition) is 3. The molecule has 1 N–H and O–H groups in total. The average molecular weight is 307 g/mol. The van der Waals surface area contributed by atoms with Gasteiger partial charge in [0.1, 0.15) is 0 Å². The molecule has 1 atom stereocenters. The van der Waals surface area contributed by atoms with E-state index in [-0.39, 0.29) is 24.2 Å². The fourth-order valence-corrected chi connectivity index (χ4v) is 2.45. The van der Waals surface area contributed by atoms with Crippen molar-refractivity contribution in [2.24, 2.45) is 5.92 Å². The maximum absolute atomic E-state index is 12.0. The molecule has 0 spiro atoms. The molecule has 1 saturated heterocycles. The Bertz CT molecular complexity index is 264. The molecule has 0 saturated carbocycles. The average Bonchev–Trinajstić information content (AvgIpc) is 2.26. The highest BCUT2D eigenvalue weighted by atomic mass is 35.5. The van der Waals surface area contributed by atoms with Gasteiger partial charge in [-0.1, -0.05) is 0 Å². The molecule has 0 aliphatic carbocycles. The van der Waals surface area contributed by atoms with Crippen molar-refractivity contribution >= 4 is 30.1 Å². The van der Waals surface area contributed by atoms with E-state index in [1.165, 1.54) is 0 Å². The lowest BCUT2D eigenvalue weighted by atomic mass is 9.98. The molecule has 1 amide bonds. The number of likely N-dealkylation sites (tertiary alicyclic amines) is 1. The Hall–Kier alpha value is -0.140. The van der Waals surface area contributed by atoms with Crippen molar-refractivity contribution < 1.29 is 18.0 Å². The van der Waals surface area contributed by atoms with E-state index in [1.54, 1.807) is 4.90 Å². The molecule has 0 bridgehead atoms. The lowest BCUT2D eigenvalue weighted by Gasteiger charge is -2.32. The number of carbonyl (C=O) groups excluding carboxylic acids is 1. The summed E-state index contributed by atoms with van der Waals surface area (Å²) in [5, 5.41) is 3.03. The third-order valence-electron chi connectivity index (χ3n) is 2.72. The van der Waals surface area contributed by atoms with Gasteiger partial charge in [0.25, 0.3) is 0 Å². The summed E-state index contributed by atoms with van der Waals surface area (Å²) in [5.74, 6) is -0.558. The highest BCUT2D eigenvalue weighted by Crippen LogP contribution is 2.30. The Balaban J connectivity index is 0.00000289. The summed E-state index contributed by atoms with van der Waals surface area (Å²) in [6.45, 7) is 1.95. The molecule has 3 nitrogen and oxygen atoms in total. The Morgan fingerprint density at radius 2 is 2.17 bits per heavy atom. The van der Waals surface area contributed by atoms with Gasteiger partial charge in [0.05, 0.1) is 5.75 Å². The summed E-state index contributed by atoms with van der Waals surface area (Å²) in [4.78, 5) is 13.1. The van der Waals surface area contributed by atoms with Gasteiger partial charge < -0.3 is 10.2 Å². The molecule has 1 rings (SSSR count). The van der Waals surface area contributed by atoms with Crippen molar-refractivity contribution in [3.63, 3.8) is 0 Å². The lowest BCUT2D eigenvalue weighted by Crippen LogP contribution is -2.43. The molecule has 1 unspecified atom stereocenters. The SMILES string of the molecule is CNCC1CCCN(C(=O)CSC(F)(F)F)C1.Cl. The molecule has 8 heteroatoms. The first-order chi connectivity index (χ1) is 7.92. The van der Waals surface area contributed by atoms with Crippen molar-refractivity contribution in [3.8, 4) is 0 Å². The molecule has 0 aromatic carbocycles. The zero-order chi connectivity index (χ0) is 12.9. The van der Waals surface area contributed by atoms with Crippen LogP contribution in [0.4, 0.5) is 13.2 Å². The first-order valence-corrected chi connectivity index (χ1v) is 6.54. The summed E-state index contributed by atoms with van der Waals surface area (Å²) < 4.78 is 35.9. The maximum atomic E-state index is 12.0. The number of nitrogens with one attached hydrogen (secondary N) is 1. The van der Waals surface area contributed by atoms with Crippen LogP contribution in [0.5, 0.6) is 0 Å². The van der Waals surface area contributed by atoms with Crippen LogP contribution in [0.2, 0.25) is 0 Å². The van der Waals surface area contributed by atoms with Gasteiger partial charge in [-0.15, -0.1) is 12.4 Å². The Morgan fingerprint density at radius 3 is 2.72 bits per heavy atom. The number of rotatable bonds is 4. The Labute approximate surface area is 115 Å². The van der Waals surface area contributed by atoms with Gasteiger partial charge in [-0.3, -0.25) is 4.79 Å². The maximum Gasteiger partial charge on any atom is 0.442 e. The normalized spacial score (nSPS) is 20.4. The predicted octanol–water partition coefficient (Wildman–Crippen LogP) is 2.12. The second kappa shape index (κ2) is 8.12. The van der Waals surface area contributed by atoms with Crippen molar-refractivity contribution in [2.75, 3.05) is 32.4 Å². The van der Waals surface area contributed by atoms with Gasteiger partial charge >= 0.3 is 5.51 Å². The predicted molar refractivity (Wildman–Crippen MR) is 69.0 cm³/mol. The minimum atomic E-state index is -4.32. The summed E-state index contributed by atoms with van der Waals surface area (Å²) in [6, 6.07) is 0. The van der Waals surface area contributed by atoms with Gasteiger partial charge in [-0.25, -0.2) is 0 Å². The van der Waals surface area contributed by atoms with Crippen LogP contribution >= 0.6 is 24.2 Å². The minimum Gasteiger partial charge on any atom is -0.342 e. The number of thioether (sulfide) groups is 1. The molecule has 0 radical (unpaired) electrons. The number of amides is 1. The summed E-state index contributed by atoms with van der Waals surface area (Å²) in [5.41, 5.74) is -4.32. The molecule has 1 aliphatic heterocycles. The number of nitrogens with zero attached hydrogens (tertiary/aromatic N) is 1. The molecule has 108 valence electrons. The molecule has 1 aliphatic rings. The summed E-state index contributed by atoms with van der Waals surface area (Å²) >= 11 is -0.257. The third kappa shape index (κ3) is 6.70. The molecule has 18 heavy (non-hydrogen) atoms. The van der Waals surface area contributed by atoms with Crippen LogP contribution in [0.1, 0.15) is 12.8 Å². The third-order valence-corrected chi connectivity index (χ3v) is 3.44. The lowest BCUT2D eigenvalue weighted by molar-refractivity contribution is -0.130. The molecule has 0 aromatic rings. The van der Waals surface area contributed by atoms with E-state index in [0.29, 0.717) is 19.0 Å². The minimum absolute atomic E-state index is 0. The van der Waals surface area contributed by atoms with Gasteiger partial charge in [-0.05, 0) is 44.1 Å². The first kappa shape index (κ1) is 17.9. The topological polar surface area (TPSA) is 32.3 Å². The van der Waals surface area contributed by atoms with Crippen LogP contribution in [-0.4, -0.2) is 48.8 Å². The first-order valence-electron chi connectivity index (χ1n) is 5.55. The number of carbonyl (C=O) groups is 1. The van der Waals surface area contributed by atoms with Crippen LogP contribution in [-0.2, 0) is 4.79 Å². The van der Waals surface area contributed by atoms with Crippen LogP contribution in [0.25, 0.3) is 0 Å². The molecule has 0 aromatic heterocycles. The van der Waals surface area contributed by atoms with Crippen LogP contribution in [0.15, 0.2) is 0 Å². The van der Waals surface area contributed by atoms with E-state index in [4.69, 9.17) is 0 Å². The number of alkyl halides is 3. The van der Waals surface area contributed by atoms with Gasteiger partial charge in [0, 0.05) is 13.1 Å². The van der Waals surface area contributed by atoms with Crippen LogP contribution < -0.4 is 5.32 Å². The highest BCUT2D eigenvalue weighted by Gasteiger charge is 2.31. The standard InChI is InChI=1S/C10H17F3N2OS.ClH/c1-14-5-8-3-2-4-15(6-8)9(16)7-17-10(11,12)13;/h8,14H,2-7H2,1H3;1H. The highest BCUT2D eigenvalue weighted by molar-refractivity contribution is 8.00. The summed E-state index contributed by atoms with van der Waals surface area (Å²) in [7, 11) is 1.83. The van der Waals surface area contributed by atoms with Crippen molar-refractivity contribution in [2.45, 2.75) is 18.3 Å². The second-order valence-corrected chi connectivity index (χ2v) is 5.18. The van der Waals surface area contributed by atoms with E-state index < -0.39 is 17.2 Å². The Kier molecular flexibility index (Phi) is 8.05. The fourth-order valence-electron chi connectivity index (χ4n) is 1.98. The van der Waals surface area contributed by atoms with Crippen LogP contribution in [0, 0.1) is 5.92 Å². The summed E-state index contributed by atoms with van der Waals surface area (Å²) in [6.07, 6.45) is 1.89. The van der Waals surface area contributed by atoms with Crippen molar-refractivity contribution in [1.82, 2.24) is 10.2 Å². The van der Waals surface area contributed by atoms with Gasteiger partial charge in [-0.2, -0.15) is 13.2 Å². The smallest absolute Gasteiger partial charge is 0.342 e. The van der Waals surface area contributed by atoms with Crippen LogP contribution in [0.3, 0.4) is 0 Å². The monoisotopic (exact) mass is 306 g/mol. The molecular weight excluding hydrogens is 289 g/mol. The van der Waals surface area contributed by atoms with Crippen molar-refractivity contribution in [3.05, 3.63) is 0 Å². The number of hydrogen-bond donors (Lipinski definition) is 1.